The molecule has 1 aromatic heterocycles. The number of rotatable bonds is 5. The van der Waals surface area contributed by atoms with E-state index in [0.29, 0.717) is 5.82 Å². The molecule has 0 atom stereocenters. The number of anilines is 1. The van der Waals surface area contributed by atoms with Crippen LogP contribution in [0.5, 0.6) is 0 Å². The van der Waals surface area contributed by atoms with Crippen molar-refractivity contribution in [2.75, 3.05) is 19.0 Å². The molecular weight excluding hydrogens is 254 g/mol. The van der Waals surface area contributed by atoms with Gasteiger partial charge in [0.25, 0.3) is 0 Å². The van der Waals surface area contributed by atoms with Crippen LogP contribution in [-0.4, -0.2) is 29.6 Å². The van der Waals surface area contributed by atoms with Crippen LogP contribution in [0.15, 0.2) is 6.07 Å². The maximum atomic E-state index is 11.5. The highest BCUT2D eigenvalue weighted by molar-refractivity contribution is 5.85. The summed E-state index contributed by atoms with van der Waals surface area (Å²) >= 11 is 0. The first-order chi connectivity index (χ1) is 9.69. The minimum Gasteiger partial charge on any atom is -0.463 e. The molecule has 0 unspecified atom stereocenters. The van der Waals surface area contributed by atoms with Gasteiger partial charge in [0, 0.05) is 18.3 Å². The van der Waals surface area contributed by atoms with Crippen molar-refractivity contribution in [1.29, 1.82) is 0 Å². The molecule has 0 aliphatic heterocycles. The number of nitrogens with one attached hydrogen (secondary N) is 1. The Morgan fingerprint density at radius 3 is 2.80 bits per heavy atom. The van der Waals surface area contributed by atoms with E-state index in [2.05, 4.69) is 20.0 Å². The predicted molar refractivity (Wildman–Crippen MR) is 77.8 cm³/mol. The van der Waals surface area contributed by atoms with Gasteiger partial charge in [-0.1, -0.05) is 32.1 Å². The molecule has 1 heterocycles. The number of ether oxygens (including phenoxy) is 1. The standard InChI is InChI=1S/C15H23N3O2/c1-11-10-13(18-14(17-11)15(19)20-2)16-9-8-12-6-4-3-5-7-12/h10,12H,3-9H2,1-2H3,(H,16,17,18). The highest BCUT2D eigenvalue weighted by atomic mass is 16.5. The highest BCUT2D eigenvalue weighted by Gasteiger charge is 2.14. The zero-order valence-corrected chi connectivity index (χ0v) is 12.3. The number of methoxy groups -OCH3 is 1. The Labute approximate surface area is 120 Å². The molecule has 1 aliphatic carbocycles. The van der Waals surface area contributed by atoms with Crippen LogP contribution in [0.1, 0.15) is 54.8 Å². The van der Waals surface area contributed by atoms with Crippen LogP contribution >= 0.6 is 0 Å². The maximum absolute atomic E-state index is 11.5. The normalized spacial score (nSPS) is 15.9. The number of esters is 1. The summed E-state index contributed by atoms with van der Waals surface area (Å²) < 4.78 is 4.65. The molecule has 0 bridgehead atoms. The summed E-state index contributed by atoms with van der Waals surface area (Å²) in [5.74, 6) is 1.16. The summed E-state index contributed by atoms with van der Waals surface area (Å²) in [6.07, 6.45) is 7.97. The van der Waals surface area contributed by atoms with E-state index in [-0.39, 0.29) is 5.82 Å². The van der Waals surface area contributed by atoms with E-state index in [4.69, 9.17) is 0 Å². The first kappa shape index (κ1) is 14.8. The molecule has 1 aliphatic rings. The lowest BCUT2D eigenvalue weighted by Gasteiger charge is -2.21. The number of hydrogen-bond donors (Lipinski definition) is 1. The van der Waals surface area contributed by atoms with Gasteiger partial charge in [0.15, 0.2) is 0 Å². The van der Waals surface area contributed by atoms with Gasteiger partial charge in [-0.25, -0.2) is 14.8 Å². The van der Waals surface area contributed by atoms with Crippen molar-refractivity contribution in [2.45, 2.75) is 45.4 Å². The van der Waals surface area contributed by atoms with Gasteiger partial charge >= 0.3 is 5.97 Å². The fraction of sp³-hybridized carbons (Fsp3) is 0.667. The van der Waals surface area contributed by atoms with E-state index in [1.165, 1.54) is 39.2 Å². The van der Waals surface area contributed by atoms with Gasteiger partial charge in [0.05, 0.1) is 7.11 Å². The van der Waals surface area contributed by atoms with Gasteiger partial charge in [-0.05, 0) is 19.3 Å². The Balaban J connectivity index is 1.88. The third-order valence-corrected chi connectivity index (χ3v) is 3.81. The van der Waals surface area contributed by atoms with E-state index in [9.17, 15) is 4.79 Å². The number of hydrogen-bond acceptors (Lipinski definition) is 5. The lowest BCUT2D eigenvalue weighted by molar-refractivity contribution is 0.0586. The van der Waals surface area contributed by atoms with Gasteiger partial charge in [0.2, 0.25) is 5.82 Å². The fourth-order valence-electron chi connectivity index (χ4n) is 2.72. The van der Waals surface area contributed by atoms with Crippen LogP contribution in [-0.2, 0) is 4.74 Å². The molecule has 110 valence electrons. The first-order valence-electron chi connectivity index (χ1n) is 7.37. The quantitative estimate of drug-likeness (QED) is 0.838. The van der Waals surface area contributed by atoms with Crippen molar-refractivity contribution in [1.82, 2.24) is 9.97 Å². The summed E-state index contributed by atoms with van der Waals surface area (Å²) in [6, 6.07) is 1.85. The Hall–Kier alpha value is -1.65. The van der Waals surface area contributed by atoms with Crippen LogP contribution in [0.4, 0.5) is 5.82 Å². The van der Waals surface area contributed by atoms with Crippen LogP contribution in [0.2, 0.25) is 0 Å². The van der Waals surface area contributed by atoms with Crippen molar-refractivity contribution >= 4 is 11.8 Å². The second kappa shape index (κ2) is 7.22. The monoisotopic (exact) mass is 277 g/mol. The Kier molecular flexibility index (Phi) is 5.32. The molecule has 0 aromatic carbocycles. The molecule has 0 radical (unpaired) electrons. The van der Waals surface area contributed by atoms with E-state index >= 15 is 0 Å². The summed E-state index contributed by atoms with van der Waals surface area (Å²) in [7, 11) is 1.34. The minimum atomic E-state index is -0.496. The van der Waals surface area contributed by atoms with Gasteiger partial charge in [0.1, 0.15) is 5.82 Å². The van der Waals surface area contributed by atoms with Gasteiger partial charge in [-0.2, -0.15) is 0 Å². The Bertz CT molecular complexity index is 456. The van der Waals surface area contributed by atoms with Crippen molar-refractivity contribution in [3.8, 4) is 0 Å². The smallest absolute Gasteiger partial charge is 0.376 e. The summed E-state index contributed by atoms with van der Waals surface area (Å²) in [4.78, 5) is 19.7. The molecule has 0 amide bonds. The largest absolute Gasteiger partial charge is 0.463 e. The van der Waals surface area contributed by atoms with Crippen LogP contribution in [0.25, 0.3) is 0 Å². The third-order valence-electron chi connectivity index (χ3n) is 3.81. The van der Waals surface area contributed by atoms with Crippen molar-refractivity contribution < 1.29 is 9.53 Å². The van der Waals surface area contributed by atoms with Gasteiger partial charge < -0.3 is 10.1 Å². The SMILES string of the molecule is COC(=O)c1nc(C)cc(NCCC2CCCCC2)n1. The molecule has 1 saturated carbocycles. The molecule has 1 fully saturated rings. The summed E-state index contributed by atoms with van der Waals surface area (Å²) in [5, 5.41) is 3.29. The zero-order chi connectivity index (χ0) is 14.4. The topological polar surface area (TPSA) is 64.1 Å². The summed E-state index contributed by atoms with van der Waals surface area (Å²) in [5.41, 5.74) is 0.764. The lowest BCUT2D eigenvalue weighted by atomic mass is 9.87. The van der Waals surface area contributed by atoms with E-state index in [1.54, 1.807) is 0 Å². The average molecular weight is 277 g/mol. The summed E-state index contributed by atoms with van der Waals surface area (Å²) in [6.45, 7) is 2.74. The lowest BCUT2D eigenvalue weighted by Crippen LogP contribution is -2.15. The van der Waals surface area contributed by atoms with Crippen molar-refractivity contribution in [3.63, 3.8) is 0 Å². The Morgan fingerprint density at radius 2 is 2.10 bits per heavy atom. The second-order valence-electron chi connectivity index (χ2n) is 5.43. The minimum absolute atomic E-state index is 0.118. The second-order valence-corrected chi connectivity index (χ2v) is 5.43. The highest BCUT2D eigenvalue weighted by Crippen LogP contribution is 2.26. The molecule has 1 aromatic rings. The molecule has 2 rings (SSSR count). The Morgan fingerprint density at radius 1 is 1.35 bits per heavy atom. The van der Waals surface area contributed by atoms with Gasteiger partial charge in [-0.3, -0.25) is 0 Å². The molecule has 0 saturated heterocycles. The van der Waals surface area contributed by atoms with Crippen molar-refractivity contribution in [2.24, 2.45) is 5.92 Å². The molecule has 5 heteroatoms. The van der Waals surface area contributed by atoms with E-state index < -0.39 is 5.97 Å². The number of nitrogens with zero attached hydrogens (tertiary/aromatic N) is 2. The van der Waals surface area contributed by atoms with Crippen LogP contribution < -0.4 is 5.32 Å². The molecule has 0 spiro atoms. The average Bonchev–Trinajstić information content (AvgIpc) is 2.47. The van der Waals surface area contributed by atoms with E-state index in [0.717, 1.165) is 24.6 Å². The molecule has 5 nitrogen and oxygen atoms in total. The van der Waals surface area contributed by atoms with Crippen molar-refractivity contribution in [3.05, 3.63) is 17.6 Å². The number of carbonyl (C=O) groups is 1. The van der Waals surface area contributed by atoms with Crippen LogP contribution in [0.3, 0.4) is 0 Å². The first-order valence-corrected chi connectivity index (χ1v) is 7.37. The van der Waals surface area contributed by atoms with Gasteiger partial charge in [-0.15, -0.1) is 0 Å². The number of carbonyl (C=O) groups excluding carboxylic acids is 1. The maximum Gasteiger partial charge on any atom is 0.376 e. The molecule has 20 heavy (non-hydrogen) atoms. The third kappa shape index (κ3) is 4.18. The molecular formula is C15H23N3O2. The predicted octanol–water partition coefficient (Wildman–Crippen LogP) is 2.95. The number of aromatic nitrogens is 2. The van der Waals surface area contributed by atoms with Crippen LogP contribution in [0, 0.1) is 12.8 Å². The number of aryl methyl sites for hydroxylation is 1. The molecule has 1 N–H and O–H groups in total. The van der Waals surface area contributed by atoms with E-state index in [1.807, 2.05) is 13.0 Å². The fourth-order valence-corrected chi connectivity index (χ4v) is 2.72. The zero-order valence-electron chi connectivity index (χ0n) is 12.3.